The number of carbonyl (C=O) groups is 1. The first-order valence-corrected chi connectivity index (χ1v) is 6.33. The molecule has 1 heterocycles. The van der Waals surface area contributed by atoms with Crippen molar-refractivity contribution in [2.24, 2.45) is 0 Å². The lowest BCUT2D eigenvalue weighted by molar-refractivity contribution is -0.384. The molecule has 0 bridgehead atoms. The molecule has 1 aromatic rings. The number of benzene rings is 1. The molecule has 1 aliphatic rings. The van der Waals surface area contributed by atoms with Gasteiger partial charge in [0.15, 0.2) is 0 Å². The highest BCUT2D eigenvalue weighted by Crippen LogP contribution is 2.16. The Bertz CT molecular complexity index is 470. The molecule has 7 heteroatoms. The summed E-state index contributed by atoms with van der Waals surface area (Å²) in [5.74, 6) is -0.0514. The fraction of sp³-hybridized carbons (Fsp3) is 0.462. The molecule has 1 aromatic carbocycles. The summed E-state index contributed by atoms with van der Waals surface area (Å²) in [7, 11) is 1.93. The van der Waals surface area contributed by atoms with Crippen LogP contribution in [0.25, 0.3) is 0 Å². The molecule has 110 valence electrons. The van der Waals surface area contributed by atoms with Crippen molar-refractivity contribution >= 4 is 24.0 Å². The van der Waals surface area contributed by atoms with Crippen molar-refractivity contribution < 1.29 is 9.72 Å². The lowest BCUT2D eigenvalue weighted by Crippen LogP contribution is -2.43. The van der Waals surface area contributed by atoms with Gasteiger partial charge in [0.25, 0.3) is 11.6 Å². The van der Waals surface area contributed by atoms with Crippen LogP contribution in [0, 0.1) is 10.1 Å². The average molecular weight is 300 g/mol. The summed E-state index contributed by atoms with van der Waals surface area (Å²) < 4.78 is 0. The number of nitrogens with one attached hydrogen (secondary N) is 1. The molecule has 1 amide bonds. The summed E-state index contributed by atoms with van der Waals surface area (Å²) in [5.41, 5.74) is 0.513. The lowest BCUT2D eigenvalue weighted by atomic mass is 10.0. The molecule has 2 rings (SSSR count). The number of hydrogen-bond acceptors (Lipinski definition) is 4. The van der Waals surface area contributed by atoms with E-state index >= 15 is 0 Å². The molecular weight excluding hydrogens is 282 g/mol. The average Bonchev–Trinajstić information content (AvgIpc) is 2.46. The van der Waals surface area contributed by atoms with E-state index in [1.165, 1.54) is 24.3 Å². The number of amides is 1. The van der Waals surface area contributed by atoms with Crippen LogP contribution in [0.3, 0.4) is 0 Å². The van der Waals surface area contributed by atoms with E-state index < -0.39 is 4.92 Å². The van der Waals surface area contributed by atoms with Crippen molar-refractivity contribution in [1.29, 1.82) is 0 Å². The van der Waals surface area contributed by atoms with Gasteiger partial charge in [-0.1, -0.05) is 0 Å². The van der Waals surface area contributed by atoms with Crippen LogP contribution in [0.15, 0.2) is 24.3 Å². The van der Waals surface area contributed by atoms with Crippen LogP contribution >= 0.6 is 12.4 Å². The SMILES string of the molecule is CNC1CCN(C(=O)c2ccc([N+](=O)[O-])cc2)CC1.Cl. The molecular formula is C13H18ClN3O3. The van der Waals surface area contributed by atoms with E-state index in [2.05, 4.69) is 5.32 Å². The normalized spacial score (nSPS) is 15.6. The largest absolute Gasteiger partial charge is 0.339 e. The van der Waals surface area contributed by atoms with E-state index in [0.29, 0.717) is 11.6 Å². The van der Waals surface area contributed by atoms with Crippen LogP contribution in [0.4, 0.5) is 5.69 Å². The maximum absolute atomic E-state index is 12.2. The number of piperidine rings is 1. The molecule has 0 aliphatic carbocycles. The molecule has 0 spiro atoms. The second-order valence-corrected chi connectivity index (χ2v) is 4.66. The number of likely N-dealkylation sites (tertiary alicyclic amines) is 1. The Labute approximate surface area is 123 Å². The standard InChI is InChI=1S/C13H17N3O3.ClH/c1-14-11-6-8-15(9-7-11)13(17)10-2-4-12(5-3-10)16(18)19;/h2-5,11,14H,6-9H2,1H3;1H. The molecule has 1 saturated heterocycles. The number of nitrogens with zero attached hydrogens (tertiary/aromatic N) is 2. The van der Waals surface area contributed by atoms with Gasteiger partial charge < -0.3 is 10.2 Å². The third-order valence-electron chi connectivity index (χ3n) is 3.52. The van der Waals surface area contributed by atoms with E-state index in [-0.39, 0.29) is 24.0 Å². The predicted octanol–water partition coefficient (Wildman–Crippen LogP) is 1.84. The minimum Gasteiger partial charge on any atom is -0.339 e. The summed E-state index contributed by atoms with van der Waals surface area (Å²) >= 11 is 0. The highest BCUT2D eigenvalue weighted by Gasteiger charge is 2.22. The zero-order chi connectivity index (χ0) is 13.8. The second-order valence-electron chi connectivity index (χ2n) is 4.66. The maximum Gasteiger partial charge on any atom is 0.269 e. The number of nitro groups is 1. The minimum atomic E-state index is -0.466. The molecule has 1 fully saturated rings. The van der Waals surface area contributed by atoms with Crippen LogP contribution in [0.1, 0.15) is 23.2 Å². The molecule has 0 unspecified atom stereocenters. The number of carbonyl (C=O) groups excluding carboxylic acids is 1. The van der Waals surface area contributed by atoms with Gasteiger partial charge in [0.2, 0.25) is 0 Å². The first kappa shape index (κ1) is 16.4. The van der Waals surface area contributed by atoms with Gasteiger partial charge in [-0.05, 0) is 32.0 Å². The minimum absolute atomic E-state index is 0. The predicted molar refractivity (Wildman–Crippen MR) is 78.3 cm³/mol. The Balaban J connectivity index is 0.00000200. The second kappa shape index (κ2) is 7.21. The molecule has 0 aromatic heterocycles. The van der Waals surface area contributed by atoms with Crippen molar-refractivity contribution in [1.82, 2.24) is 10.2 Å². The van der Waals surface area contributed by atoms with Gasteiger partial charge in [0, 0.05) is 36.8 Å². The molecule has 0 saturated carbocycles. The molecule has 6 nitrogen and oxygen atoms in total. The van der Waals surface area contributed by atoms with E-state index in [1.807, 2.05) is 7.05 Å². The van der Waals surface area contributed by atoms with E-state index in [4.69, 9.17) is 0 Å². The zero-order valence-electron chi connectivity index (χ0n) is 11.2. The summed E-state index contributed by atoms with van der Waals surface area (Å²) in [6.45, 7) is 1.45. The van der Waals surface area contributed by atoms with E-state index in [1.54, 1.807) is 4.90 Å². The Morgan fingerprint density at radius 1 is 1.30 bits per heavy atom. The number of rotatable bonds is 3. The van der Waals surface area contributed by atoms with Crippen molar-refractivity contribution in [3.8, 4) is 0 Å². The summed E-state index contributed by atoms with van der Waals surface area (Å²) in [5, 5.41) is 13.8. The van der Waals surface area contributed by atoms with Gasteiger partial charge in [-0.2, -0.15) is 0 Å². The molecule has 20 heavy (non-hydrogen) atoms. The smallest absolute Gasteiger partial charge is 0.269 e. The van der Waals surface area contributed by atoms with Crippen molar-refractivity contribution in [2.75, 3.05) is 20.1 Å². The Kier molecular flexibility index (Phi) is 5.91. The Morgan fingerprint density at radius 3 is 2.30 bits per heavy atom. The summed E-state index contributed by atoms with van der Waals surface area (Å²) in [6, 6.07) is 6.25. The molecule has 0 atom stereocenters. The molecule has 1 N–H and O–H groups in total. The number of halogens is 1. The number of non-ortho nitro benzene ring substituents is 1. The van der Waals surface area contributed by atoms with Gasteiger partial charge in [-0.15, -0.1) is 12.4 Å². The number of hydrogen-bond donors (Lipinski definition) is 1. The van der Waals surface area contributed by atoms with Gasteiger partial charge in [-0.25, -0.2) is 0 Å². The maximum atomic E-state index is 12.2. The zero-order valence-corrected chi connectivity index (χ0v) is 12.1. The third-order valence-corrected chi connectivity index (χ3v) is 3.52. The summed E-state index contributed by atoms with van der Waals surface area (Å²) in [6.07, 6.45) is 1.88. The highest BCUT2D eigenvalue weighted by atomic mass is 35.5. The Hall–Kier alpha value is -1.66. The van der Waals surface area contributed by atoms with Gasteiger partial charge >= 0.3 is 0 Å². The van der Waals surface area contributed by atoms with E-state index in [0.717, 1.165) is 25.9 Å². The monoisotopic (exact) mass is 299 g/mol. The lowest BCUT2D eigenvalue weighted by Gasteiger charge is -2.31. The quantitative estimate of drug-likeness (QED) is 0.682. The van der Waals surface area contributed by atoms with Crippen molar-refractivity contribution in [3.63, 3.8) is 0 Å². The highest BCUT2D eigenvalue weighted by molar-refractivity contribution is 5.94. The topological polar surface area (TPSA) is 75.5 Å². The Morgan fingerprint density at radius 2 is 1.85 bits per heavy atom. The van der Waals surface area contributed by atoms with Gasteiger partial charge in [0.05, 0.1) is 4.92 Å². The fourth-order valence-corrected chi connectivity index (χ4v) is 2.28. The van der Waals surface area contributed by atoms with Crippen LogP contribution in [-0.4, -0.2) is 41.9 Å². The molecule has 1 aliphatic heterocycles. The van der Waals surface area contributed by atoms with Crippen LogP contribution < -0.4 is 5.32 Å². The van der Waals surface area contributed by atoms with Crippen molar-refractivity contribution in [2.45, 2.75) is 18.9 Å². The van der Waals surface area contributed by atoms with E-state index in [9.17, 15) is 14.9 Å². The third kappa shape index (κ3) is 3.68. The number of nitro benzene ring substituents is 1. The first-order valence-electron chi connectivity index (χ1n) is 6.33. The molecule has 0 radical (unpaired) electrons. The van der Waals surface area contributed by atoms with Gasteiger partial charge in [0.1, 0.15) is 0 Å². The first-order chi connectivity index (χ1) is 9.11. The van der Waals surface area contributed by atoms with Crippen LogP contribution in [-0.2, 0) is 0 Å². The van der Waals surface area contributed by atoms with Gasteiger partial charge in [-0.3, -0.25) is 14.9 Å². The van der Waals surface area contributed by atoms with Crippen molar-refractivity contribution in [3.05, 3.63) is 39.9 Å². The van der Waals surface area contributed by atoms with Crippen LogP contribution in [0.2, 0.25) is 0 Å². The van der Waals surface area contributed by atoms with Crippen LogP contribution in [0.5, 0.6) is 0 Å². The summed E-state index contributed by atoms with van der Waals surface area (Å²) in [4.78, 5) is 24.1. The fourth-order valence-electron chi connectivity index (χ4n) is 2.28.